The maximum atomic E-state index is 4.38. The molecule has 1 aliphatic heterocycles. The van der Waals surface area contributed by atoms with Gasteiger partial charge in [-0.3, -0.25) is 9.98 Å². The van der Waals surface area contributed by atoms with Crippen LogP contribution in [0.2, 0.25) is 0 Å². The largest absolute Gasteiger partial charge is 0.318 e. The quantitative estimate of drug-likeness (QED) is 0.557. The Morgan fingerprint density at radius 2 is 2.12 bits per heavy atom. The summed E-state index contributed by atoms with van der Waals surface area (Å²) in [6, 6.07) is 8.42. The second kappa shape index (κ2) is 2.70. The van der Waals surface area contributed by atoms with E-state index in [-0.39, 0.29) is 0 Å². The van der Waals surface area contributed by atoms with Crippen molar-refractivity contribution in [3.8, 4) is 0 Å². The monoisotopic (exact) mass is 207 g/mol. The van der Waals surface area contributed by atoms with Gasteiger partial charge in [-0.05, 0) is 6.07 Å². The van der Waals surface area contributed by atoms with Gasteiger partial charge >= 0.3 is 0 Å². The van der Waals surface area contributed by atoms with Gasteiger partial charge in [-0.15, -0.1) is 0 Å². The van der Waals surface area contributed by atoms with Gasteiger partial charge in [0.15, 0.2) is 0 Å². The molecule has 0 atom stereocenters. The van der Waals surface area contributed by atoms with Crippen molar-refractivity contribution in [3.05, 3.63) is 42.2 Å². The SMILES string of the molecule is C1=NCn2c3cnccc3c3cccc1c32. The molecule has 0 N–H and O–H groups in total. The van der Waals surface area contributed by atoms with Gasteiger partial charge in [-0.2, -0.15) is 0 Å². The van der Waals surface area contributed by atoms with Crippen molar-refractivity contribution in [2.45, 2.75) is 6.67 Å². The molecule has 0 unspecified atom stereocenters. The van der Waals surface area contributed by atoms with E-state index in [1.165, 1.54) is 27.4 Å². The van der Waals surface area contributed by atoms with Crippen LogP contribution in [0.5, 0.6) is 0 Å². The van der Waals surface area contributed by atoms with Crippen molar-refractivity contribution in [1.29, 1.82) is 0 Å². The number of para-hydroxylation sites is 1. The highest BCUT2D eigenvalue weighted by atomic mass is 15.1. The number of aliphatic imine (C=N–C) groups is 1. The number of hydrogen-bond acceptors (Lipinski definition) is 2. The van der Waals surface area contributed by atoms with Crippen LogP contribution in [0.1, 0.15) is 5.56 Å². The first-order valence-electron chi connectivity index (χ1n) is 5.30. The van der Waals surface area contributed by atoms with Gasteiger partial charge in [0, 0.05) is 28.7 Å². The van der Waals surface area contributed by atoms with Crippen molar-refractivity contribution in [3.63, 3.8) is 0 Å². The summed E-state index contributed by atoms with van der Waals surface area (Å²) in [5.41, 5.74) is 3.64. The maximum Gasteiger partial charge on any atom is 0.115 e. The summed E-state index contributed by atoms with van der Waals surface area (Å²) in [7, 11) is 0. The van der Waals surface area contributed by atoms with E-state index < -0.39 is 0 Å². The summed E-state index contributed by atoms with van der Waals surface area (Å²) in [6.45, 7) is 0.697. The molecule has 0 saturated heterocycles. The van der Waals surface area contributed by atoms with E-state index in [0.29, 0.717) is 6.67 Å². The maximum absolute atomic E-state index is 4.38. The van der Waals surface area contributed by atoms with Gasteiger partial charge in [0.05, 0.1) is 17.2 Å². The van der Waals surface area contributed by atoms with E-state index in [0.717, 1.165) is 0 Å². The summed E-state index contributed by atoms with van der Waals surface area (Å²) >= 11 is 0. The molecule has 16 heavy (non-hydrogen) atoms. The second-order valence-electron chi connectivity index (χ2n) is 4.02. The third kappa shape index (κ3) is 0.834. The molecule has 76 valence electrons. The number of aromatic nitrogens is 2. The molecule has 4 rings (SSSR count). The van der Waals surface area contributed by atoms with Gasteiger partial charge in [-0.25, -0.2) is 0 Å². The molecule has 3 heterocycles. The lowest BCUT2D eigenvalue weighted by Gasteiger charge is -2.09. The fourth-order valence-electron chi connectivity index (χ4n) is 2.50. The van der Waals surface area contributed by atoms with E-state index in [2.05, 4.69) is 38.8 Å². The highest BCUT2D eigenvalue weighted by molar-refractivity contribution is 6.13. The first kappa shape index (κ1) is 8.05. The van der Waals surface area contributed by atoms with Crippen LogP contribution in [-0.2, 0) is 6.67 Å². The number of nitrogens with zero attached hydrogens (tertiary/aromatic N) is 3. The van der Waals surface area contributed by atoms with Crippen molar-refractivity contribution >= 4 is 28.0 Å². The van der Waals surface area contributed by atoms with Crippen LogP contribution in [0.3, 0.4) is 0 Å². The van der Waals surface area contributed by atoms with Crippen molar-refractivity contribution in [2.75, 3.05) is 0 Å². The zero-order chi connectivity index (χ0) is 10.5. The molecule has 2 aromatic heterocycles. The molecule has 3 nitrogen and oxygen atoms in total. The Kier molecular flexibility index (Phi) is 1.36. The minimum atomic E-state index is 0.697. The summed E-state index contributed by atoms with van der Waals surface area (Å²) in [5.74, 6) is 0. The third-order valence-electron chi connectivity index (χ3n) is 3.17. The standard InChI is InChI=1S/C13H9N3/c1-2-9-6-15-8-16-12-7-14-5-4-10(12)11(3-1)13(9)16/h1-7H,8H2. The number of fused-ring (bicyclic) bond motifs is 3. The topological polar surface area (TPSA) is 30.2 Å². The number of benzene rings is 1. The van der Waals surface area contributed by atoms with Crippen molar-refractivity contribution in [1.82, 2.24) is 9.55 Å². The smallest absolute Gasteiger partial charge is 0.115 e. The molecule has 1 aliphatic rings. The lowest BCUT2D eigenvalue weighted by Crippen LogP contribution is -2.02. The molecule has 0 radical (unpaired) electrons. The lowest BCUT2D eigenvalue weighted by atomic mass is 10.1. The van der Waals surface area contributed by atoms with Crippen LogP contribution in [-0.4, -0.2) is 15.8 Å². The fourth-order valence-corrected chi connectivity index (χ4v) is 2.50. The van der Waals surface area contributed by atoms with E-state index in [4.69, 9.17) is 0 Å². The molecular weight excluding hydrogens is 198 g/mol. The average molecular weight is 207 g/mol. The Morgan fingerprint density at radius 3 is 3.12 bits per heavy atom. The first-order chi connectivity index (χ1) is 7.95. The van der Waals surface area contributed by atoms with Gasteiger partial charge in [0.1, 0.15) is 6.67 Å². The number of hydrogen-bond donors (Lipinski definition) is 0. The van der Waals surface area contributed by atoms with Crippen LogP contribution in [0.15, 0.2) is 41.7 Å². The average Bonchev–Trinajstić information content (AvgIpc) is 2.68. The predicted molar refractivity (Wildman–Crippen MR) is 64.8 cm³/mol. The predicted octanol–water partition coefficient (Wildman–Crippen LogP) is 2.58. The Bertz CT molecular complexity index is 737. The van der Waals surface area contributed by atoms with Crippen molar-refractivity contribution < 1.29 is 0 Å². The van der Waals surface area contributed by atoms with Crippen LogP contribution in [0.4, 0.5) is 0 Å². The molecule has 0 bridgehead atoms. The third-order valence-corrected chi connectivity index (χ3v) is 3.17. The minimum absolute atomic E-state index is 0.697. The Labute approximate surface area is 92.1 Å². The fraction of sp³-hybridized carbons (Fsp3) is 0.0769. The molecule has 0 amide bonds. The molecule has 0 spiro atoms. The summed E-state index contributed by atoms with van der Waals surface area (Å²) in [5, 5.41) is 2.55. The molecule has 0 fully saturated rings. The highest BCUT2D eigenvalue weighted by Crippen LogP contribution is 2.31. The van der Waals surface area contributed by atoms with Crippen LogP contribution in [0, 0.1) is 0 Å². The van der Waals surface area contributed by atoms with Crippen LogP contribution >= 0.6 is 0 Å². The Balaban J connectivity index is 2.39. The van der Waals surface area contributed by atoms with Crippen molar-refractivity contribution in [2.24, 2.45) is 4.99 Å². The van der Waals surface area contributed by atoms with Crippen LogP contribution in [0.25, 0.3) is 21.8 Å². The zero-order valence-corrected chi connectivity index (χ0v) is 8.59. The highest BCUT2D eigenvalue weighted by Gasteiger charge is 2.14. The molecule has 3 aromatic rings. The summed E-state index contributed by atoms with van der Waals surface area (Å²) in [4.78, 5) is 8.57. The number of rotatable bonds is 0. The second-order valence-corrected chi connectivity index (χ2v) is 4.02. The molecular formula is C13H9N3. The van der Waals surface area contributed by atoms with E-state index >= 15 is 0 Å². The lowest BCUT2D eigenvalue weighted by molar-refractivity contribution is 0.786. The van der Waals surface area contributed by atoms with E-state index in [9.17, 15) is 0 Å². The molecule has 3 heteroatoms. The van der Waals surface area contributed by atoms with Gasteiger partial charge in [0.2, 0.25) is 0 Å². The Morgan fingerprint density at radius 1 is 1.12 bits per heavy atom. The number of pyridine rings is 1. The summed E-state index contributed by atoms with van der Waals surface area (Å²) < 4.78 is 2.23. The normalized spacial score (nSPS) is 13.8. The summed E-state index contributed by atoms with van der Waals surface area (Å²) in [6.07, 6.45) is 5.71. The van der Waals surface area contributed by atoms with E-state index in [1.54, 1.807) is 0 Å². The zero-order valence-electron chi connectivity index (χ0n) is 8.59. The molecule has 1 aromatic carbocycles. The minimum Gasteiger partial charge on any atom is -0.318 e. The molecule has 0 aliphatic carbocycles. The van der Waals surface area contributed by atoms with E-state index in [1.807, 2.05) is 18.6 Å². The molecule has 0 saturated carbocycles. The van der Waals surface area contributed by atoms with Gasteiger partial charge in [0.25, 0.3) is 0 Å². The van der Waals surface area contributed by atoms with Gasteiger partial charge < -0.3 is 4.57 Å². The van der Waals surface area contributed by atoms with Crippen LogP contribution < -0.4 is 0 Å². The van der Waals surface area contributed by atoms with Gasteiger partial charge in [-0.1, -0.05) is 18.2 Å². The first-order valence-corrected chi connectivity index (χ1v) is 5.30. The Hall–Kier alpha value is -2.16.